The van der Waals surface area contributed by atoms with Crippen molar-refractivity contribution in [3.05, 3.63) is 38.9 Å². The number of halogens is 1. The van der Waals surface area contributed by atoms with Crippen LogP contribution >= 0.6 is 11.6 Å². The monoisotopic (exact) mass is 287 g/mol. The van der Waals surface area contributed by atoms with Crippen molar-refractivity contribution in [1.82, 2.24) is 0 Å². The summed E-state index contributed by atoms with van der Waals surface area (Å²) in [5.74, 6) is -3.06. The van der Waals surface area contributed by atoms with Gasteiger partial charge in [0.15, 0.2) is 5.78 Å². The molecule has 0 aliphatic rings. The van der Waals surface area contributed by atoms with Gasteiger partial charge < -0.3 is 10.2 Å². The van der Waals surface area contributed by atoms with Gasteiger partial charge in [-0.2, -0.15) is 0 Å². The van der Waals surface area contributed by atoms with Gasteiger partial charge in [0.2, 0.25) is 0 Å². The Morgan fingerprint density at radius 1 is 1.42 bits per heavy atom. The third kappa shape index (κ3) is 3.73. The predicted molar refractivity (Wildman–Crippen MR) is 65.3 cm³/mol. The van der Waals surface area contributed by atoms with Crippen LogP contribution in [0.4, 0.5) is 5.69 Å². The highest BCUT2D eigenvalue weighted by atomic mass is 35.5. The first kappa shape index (κ1) is 15.1. The van der Waals surface area contributed by atoms with Gasteiger partial charge in [0, 0.05) is 11.6 Å². The minimum Gasteiger partial charge on any atom is -0.481 e. The summed E-state index contributed by atoms with van der Waals surface area (Å²) in [6, 6.07) is 3.40. The predicted octanol–water partition coefficient (Wildman–Crippen LogP) is 1.51. The zero-order chi connectivity index (χ0) is 14.6. The number of benzene rings is 1. The number of nitrogens with zero attached hydrogens (tertiary/aromatic N) is 1. The Morgan fingerprint density at radius 2 is 2.05 bits per heavy atom. The lowest BCUT2D eigenvalue weighted by atomic mass is 9.95. The Hall–Kier alpha value is -1.99. The average Bonchev–Trinajstić information content (AvgIpc) is 2.35. The van der Waals surface area contributed by atoms with Crippen LogP contribution in [-0.2, 0) is 4.79 Å². The molecule has 1 atom stereocenters. The number of Topliss-reactive ketones (excluding diaryl/α,β-unsaturated/α-hetero) is 1. The molecule has 0 saturated heterocycles. The molecule has 0 aliphatic carbocycles. The molecular weight excluding hydrogens is 278 g/mol. The lowest BCUT2D eigenvalue weighted by Gasteiger charge is -2.10. The van der Waals surface area contributed by atoms with Gasteiger partial charge in [-0.15, -0.1) is 0 Å². The molecule has 0 radical (unpaired) electrons. The first-order valence-electron chi connectivity index (χ1n) is 5.17. The second-order valence-electron chi connectivity index (χ2n) is 3.76. The molecule has 0 saturated carbocycles. The fourth-order valence-electron chi connectivity index (χ4n) is 1.49. The molecule has 0 fully saturated rings. The number of hydrogen-bond donors (Lipinski definition) is 2. The van der Waals surface area contributed by atoms with Crippen molar-refractivity contribution >= 4 is 29.0 Å². The van der Waals surface area contributed by atoms with Crippen molar-refractivity contribution in [3.8, 4) is 0 Å². The van der Waals surface area contributed by atoms with Crippen LogP contribution in [0.2, 0.25) is 5.02 Å². The number of nitro benzene ring substituents is 1. The number of carboxylic acids is 1. The van der Waals surface area contributed by atoms with Gasteiger partial charge >= 0.3 is 5.97 Å². The van der Waals surface area contributed by atoms with E-state index < -0.39 is 41.3 Å². The lowest BCUT2D eigenvalue weighted by molar-refractivity contribution is -0.384. The molecule has 0 aromatic heterocycles. The quantitative estimate of drug-likeness (QED) is 0.465. The Kier molecular flexibility index (Phi) is 4.96. The zero-order valence-corrected chi connectivity index (χ0v) is 10.3. The van der Waals surface area contributed by atoms with E-state index in [2.05, 4.69) is 0 Å². The largest absolute Gasteiger partial charge is 0.481 e. The van der Waals surface area contributed by atoms with Crippen molar-refractivity contribution in [3.63, 3.8) is 0 Å². The molecule has 1 aromatic rings. The van der Waals surface area contributed by atoms with Crippen molar-refractivity contribution in [2.75, 3.05) is 6.61 Å². The van der Waals surface area contributed by atoms with E-state index in [9.17, 15) is 19.7 Å². The van der Waals surface area contributed by atoms with Gasteiger partial charge in [0.25, 0.3) is 5.69 Å². The van der Waals surface area contributed by atoms with Gasteiger partial charge in [0.1, 0.15) is 5.02 Å². The summed E-state index contributed by atoms with van der Waals surface area (Å²) in [5.41, 5.74) is -0.504. The van der Waals surface area contributed by atoms with Crippen molar-refractivity contribution in [2.45, 2.75) is 6.42 Å². The van der Waals surface area contributed by atoms with Crippen LogP contribution in [-0.4, -0.2) is 33.5 Å². The van der Waals surface area contributed by atoms with Crippen LogP contribution < -0.4 is 0 Å². The fourth-order valence-corrected chi connectivity index (χ4v) is 1.68. The number of carbonyl (C=O) groups excluding carboxylic acids is 1. The number of aliphatic hydroxyl groups excluding tert-OH is 1. The molecule has 0 spiro atoms. The summed E-state index contributed by atoms with van der Waals surface area (Å²) >= 11 is 5.60. The second-order valence-corrected chi connectivity index (χ2v) is 4.17. The summed E-state index contributed by atoms with van der Waals surface area (Å²) in [4.78, 5) is 32.4. The highest BCUT2D eigenvalue weighted by Crippen LogP contribution is 2.26. The lowest BCUT2D eigenvalue weighted by Crippen LogP contribution is -2.22. The molecule has 0 aliphatic heterocycles. The normalized spacial score (nSPS) is 11.9. The summed E-state index contributed by atoms with van der Waals surface area (Å²) in [7, 11) is 0. The van der Waals surface area contributed by atoms with E-state index in [1.165, 1.54) is 12.1 Å². The van der Waals surface area contributed by atoms with Crippen LogP contribution in [0.25, 0.3) is 0 Å². The molecule has 8 heteroatoms. The number of carboxylic acid groups (broad SMARTS) is 1. The van der Waals surface area contributed by atoms with E-state index in [4.69, 9.17) is 21.8 Å². The van der Waals surface area contributed by atoms with Crippen LogP contribution in [0.3, 0.4) is 0 Å². The van der Waals surface area contributed by atoms with Crippen LogP contribution in [0.5, 0.6) is 0 Å². The maximum Gasteiger partial charge on any atom is 0.304 e. The Bertz CT molecular complexity index is 530. The number of hydrogen-bond acceptors (Lipinski definition) is 5. The maximum absolute atomic E-state index is 11.9. The van der Waals surface area contributed by atoms with Crippen LogP contribution in [0, 0.1) is 16.0 Å². The standard InChI is InChI=1S/C11H10ClNO6/c12-8-2-1-6(3-9(8)13(18)19)11(17)7(5-14)4-10(15)16/h1-3,7,14H,4-5H2,(H,15,16). The topological polar surface area (TPSA) is 118 Å². The first-order chi connectivity index (χ1) is 8.86. The van der Waals surface area contributed by atoms with Gasteiger partial charge in [-0.25, -0.2) is 0 Å². The van der Waals surface area contributed by atoms with E-state index in [0.717, 1.165) is 6.07 Å². The van der Waals surface area contributed by atoms with E-state index in [1.54, 1.807) is 0 Å². The average molecular weight is 288 g/mol. The van der Waals surface area contributed by atoms with E-state index in [0.29, 0.717) is 0 Å². The molecule has 2 N–H and O–H groups in total. The summed E-state index contributed by atoms with van der Waals surface area (Å²) in [6.07, 6.45) is -0.550. The molecular formula is C11H10ClNO6. The Morgan fingerprint density at radius 3 is 2.53 bits per heavy atom. The summed E-state index contributed by atoms with van der Waals surface area (Å²) < 4.78 is 0. The van der Waals surface area contributed by atoms with Crippen molar-refractivity contribution in [1.29, 1.82) is 0 Å². The van der Waals surface area contributed by atoms with Crippen LogP contribution in [0.15, 0.2) is 18.2 Å². The number of rotatable bonds is 6. The van der Waals surface area contributed by atoms with E-state index in [-0.39, 0.29) is 10.6 Å². The number of ketones is 1. The number of nitro groups is 1. The Balaban J connectivity index is 3.08. The second kappa shape index (κ2) is 6.26. The minimum atomic E-state index is -1.24. The number of aliphatic carboxylic acids is 1. The molecule has 1 rings (SSSR count). The van der Waals surface area contributed by atoms with Gasteiger partial charge in [-0.05, 0) is 12.1 Å². The molecule has 1 aromatic carbocycles. The molecule has 0 amide bonds. The molecule has 0 heterocycles. The number of carbonyl (C=O) groups is 2. The SMILES string of the molecule is O=C(O)CC(CO)C(=O)c1ccc(Cl)c([N+](=O)[O-])c1. The Labute approximate surface area is 112 Å². The molecule has 19 heavy (non-hydrogen) atoms. The third-order valence-corrected chi connectivity index (χ3v) is 2.76. The summed E-state index contributed by atoms with van der Waals surface area (Å²) in [5, 5.41) is 28.2. The van der Waals surface area contributed by atoms with Gasteiger partial charge in [-0.3, -0.25) is 19.7 Å². The minimum absolute atomic E-state index is 0.0589. The van der Waals surface area contributed by atoms with Gasteiger partial charge in [0.05, 0.1) is 23.9 Å². The maximum atomic E-state index is 11.9. The molecule has 1 unspecified atom stereocenters. The van der Waals surface area contributed by atoms with Crippen molar-refractivity contribution in [2.24, 2.45) is 5.92 Å². The molecule has 7 nitrogen and oxygen atoms in total. The summed E-state index contributed by atoms with van der Waals surface area (Å²) in [6.45, 7) is -0.651. The highest BCUT2D eigenvalue weighted by molar-refractivity contribution is 6.32. The van der Waals surface area contributed by atoms with E-state index >= 15 is 0 Å². The smallest absolute Gasteiger partial charge is 0.304 e. The van der Waals surface area contributed by atoms with Crippen molar-refractivity contribution < 1.29 is 24.7 Å². The first-order valence-corrected chi connectivity index (χ1v) is 5.55. The van der Waals surface area contributed by atoms with Crippen LogP contribution in [0.1, 0.15) is 16.8 Å². The third-order valence-electron chi connectivity index (χ3n) is 2.44. The van der Waals surface area contributed by atoms with Gasteiger partial charge in [-0.1, -0.05) is 11.6 Å². The molecule has 0 bridgehead atoms. The highest BCUT2D eigenvalue weighted by Gasteiger charge is 2.24. The zero-order valence-electron chi connectivity index (χ0n) is 9.58. The van der Waals surface area contributed by atoms with E-state index in [1.807, 2.05) is 0 Å². The fraction of sp³-hybridized carbons (Fsp3) is 0.273. The number of aliphatic hydroxyl groups is 1. The molecule has 102 valence electrons.